The van der Waals surface area contributed by atoms with Crippen LogP contribution in [0.25, 0.3) is 21.3 Å². The minimum atomic E-state index is -0.755. The molecule has 0 saturated heterocycles. The molecule has 0 atom stereocenters. The maximum Gasteiger partial charge on any atom is 0.303 e. The second kappa shape index (κ2) is 7.32. The Kier molecular flexibility index (Phi) is 5.16. The van der Waals surface area contributed by atoms with E-state index in [1.165, 1.54) is 16.7 Å². The Balaban J connectivity index is 1.96. The van der Waals surface area contributed by atoms with E-state index in [-0.39, 0.29) is 6.42 Å². The van der Waals surface area contributed by atoms with E-state index in [0.29, 0.717) is 6.42 Å². The molecule has 1 aromatic carbocycles. The first-order valence-electron chi connectivity index (χ1n) is 7.70. The zero-order valence-electron chi connectivity index (χ0n) is 13.6. The van der Waals surface area contributed by atoms with Crippen LogP contribution in [0, 0.1) is 13.8 Å². The van der Waals surface area contributed by atoms with Gasteiger partial charge in [-0.1, -0.05) is 23.8 Å². The van der Waals surface area contributed by atoms with E-state index in [1.807, 2.05) is 0 Å². The van der Waals surface area contributed by atoms with Gasteiger partial charge < -0.3 is 5.11 Å². The third-order valence-corrected chi connectivity index (χ3v) is 5.74. The van der Waals surface area contributed by atoms with Gasteiger partial charge in [0.1, 0.15) is 16.2 Å². The molecule has 0 radical (unpaired) electrons. The van der Waals surface area contributed by atoms with E-state index in [2.05, 4.69) is 47.4 Å². The Labute approximate surface area is 149 Å². The van der Waals surface area contributed by atoms with Crippen LogP contribution < -0.4 is 0 Å². The number of benzene rings is 1. The molecular formula is C18H18N2O2S2. The van der Waals surface area contributed by atoms with Gasteiger partial charge in [-0.2, -0.15) is 0 Å². The van der Waals surface area contributed by atoms with Gasteiger partial charge in [0, 0.05) is 23.1 Å². The summed E-state index contributed by atoms with van der Waals surface area (Å²) in [5.41, 5.74) is 4.85. The molecule has 2 heterocycles. The normalized spacial score (nSPS) is 11.1. The Morgan fingerprint density at radius 3 is 2.83 bits per heavy atom. The number of thioether (sulfide) groups is 1. The van der Waals surface area contributed by atoms with Crippen molar-refractivity contribution < 1.29 is 9.90 Å². The van der Waals surface area contributed by atoms with Crippen LogP contribution in [0.15, 0.2) is 34.9 Å². The number of aryl methyl sites for hydroxylation is 2. The fourth-order valence-corrected chi connectivity index (χ4v) is 4.59. The van der Waals surface area contributed by atoms with Gasteiger partial charge >= 0.3 is 5.97 Å². The van der Waals surface area contributed by atoms with Gasteiger partial charge in [0.2, 0.25) is 0 Å². The molecule has 0 fully saturated rings. The molecule has 124 valence electrons. The van der Waals surface area contributed by atoms with Gasteiger partial charge in [0.15, 0.2) is 0 Å². The molecule has 2 aromatic heterocycles. The van der Waals surface area contributed by atoms with Crippen molar-refractivity contribution in [2.75, 3.05) is 5.75 Å². The van der Waals surface area contributed by atoms with E-state index < -0.39 is 5.97 Å². The molecule has 4 nitrogen and oxygen atoms in total. The number of aromatic nitrogens is 2. The van der Waals surface area contributed by atoms with Gasteiger partial charge in [-0.3, -0.25) is 4.79 Å². The first-order chi connectivity index (χ1) is 11.6. The zero-order valence-corrected chi connectivity index (χ0v) is 15.2. The Morgan fingerprint density at radius 1 is 1.25 bits per heavy atom. The molecule has 24 heavy (non-hydrogen) atoms. The molecule has 0 bridgehead atoms. The average Bonchev–Trinajstić information content (AvgIpc) is 2.96. The summed E-state index contributed by atoms with van der Waals surface area (Å²) in [6, 6.07) is 6.45. The fraction of sp³-hybridized carbons (Fsp3) is 0.278. The Hall–Kier alpha value is -1.92. The molecule has 0 unspecified atom stereocenters. The second-order valence-electron chi connectivity index (χ2n) is 5.67. The smallest absolute Gasteiger partial charge is 0.303 e. The zero-order chi connectivity index (χ0) is 17.1. The lowest BCUT2D eigenvalue weighted by Crippen LogP contribution is -1.95. The number of nitrogens with zero attached hydrogens (tertiary/aromatic N) is 2. The van der Waals surface area contributed by atoms with Gasteiger partial charge in [0.05, 0.1) is 5.39 Å². The maximum atomic E-state index is 10.7. The minimum Gasteiger partial charge on any atom is -0.481 e. The van der Waals surface area contributed by atoms with Crippen molar-refractivity contribution in [3.8, 4) is 11.1 Å². The molecule has 6 heteroatoms. The summed E-state index contributed by atoms with van der Waals surface area (Å²) < 4.78 is 0. The van der Waals surface area contributed by atoms with Crippen LogP contribution in [0.4, 0.5) is 0 Å². The SMILES string of the molecule is Cc1ccc(-c2csc3ncnc(SCCCC(=O)O)c23)c(C)c1. The summed E-state index contributed by atoms with van der Waals surface area (Å²) in [4.78, 5) is 20.5. The van der Waals surface area contributed by atoms with E-state index >= 15 is 0 Å². The van der Waals surface area contributed by atoms with Gasteiger partial charge in [-0.15, -0.1) is 23.1 Å². The summed E-state index contributed by atoms with van der Waals surface area (Å²) in [5, 5.41) is 12.9. The van der Waals surface area contributed by atoms with Crippen molar-refractivity contribution in [1.82, 2.24) is 9.97 Å². The molecular weight excluding hydrogens is 340 g/mol. The largest absolute Gasteiger partial charge is 0.481 e. The van der Waals surface area contributed by atoms with Gasteiger partial charge in [0.25, 0.3) is 0 Å². The third kappa shape index (κ3) is 3.60. The predicted octanol–water partition coefficient (Wildman–Crippen LogP) is 4.93. The Morgan fingerprint density at radius 2 is 2.08 bits per heavy atom. The van der Waals surface area contributed by atoms with Crippen LogP contribution in [0.3, 0.4) is 0 Å². The van der Waals surface area contributed by atoms with Crippen LogP contribution in [0.5, 0.6) is 0 Å². The first-order valence-corrected chi connectivity index (χ1v) is 9.57. The molecule has 0 aliphatic heterocycles. The molecule has 3 rings (SSSR count). The van der Waals surface area contributed by atoms with Gasteiger partial charge in [-0.05, 0) is 31.4 Å². The number of aliphatic carboxylic acids is 1. The van der Waals surface area contributed by atoms with Crippen molar-refractivity contribution >= 4 is 39.3 Å². The standard InChI is InChI=1S/C18H18N2O2S2/c1-11-5-6-13(12(2)8-11)14-9-24-18-16(14)17(19-10-20-18)23-7-3-4-15(21)22/h5-6,8-10H,3-4,7H2,1-2H3,(H,21,22). The highest BCUT2D eigenvalue weighted by atomic mass is 32.2. The summed E-state index contributed by atoms with van der Waals surface area (Å²) in [6.45, 7) is 4.21. The number of hydrogen-bond acceptors (Lipinski definition) is 5. The van der Waals surface area contributed by atoms with Crippen LogP contribution in [-0.2, 0) is 4.79 Å². The molecule has 0 amide bonds. The summed E-state index contributed by atoms with van der Waals surface area (Å²) >= 11 is 3.23. The van der Waals surface area contributed by atoms with Crippen LogP contribution in [0.1, 0.15) is 24.0 Å². The molecule has 0 spiro atoms. The first kappa shape index (κ1) is 16.9. The summed E-state index contributed by atoms with van der Waals surface area (Å²) in [6.07, 6.45) is 2.41. The lowest BCUT2D eigenvalue weighted by atomic mass is 9.99. The molecule has 0 aliphatic rings. The van der Waals surface area contributed by atoms with Crippen molar-refractivity contribution in [3.63, 3.8) is 0 Å². The number of fused-ring (bicyclic) bond motifs is 1. The van der Waals surface area contributed by atoms with Crippen LogP contribution >= 0.6 is 23.1 Å². The quantitative estimate of drug-likeness (QED) is 0.384. The topological polar surface area (TPSA) is 63.1 Å². The number of rotatable bonds is 6. The number of carbonyl (C=O) groups is 1. The number of thiophene rings is 1. The van der Waals surface area contributed by atoms with E-state index in [0.717, 1.165) is 26.6 Å². The number of hydrogen-bond donors (Lipinski definition) is 1. The number of carboxylic acids is 1. The lowest BCUT2D eigenvalue weighted by molar-refractivity contribution is -0.137. The van der Waals surface area contributed by atoms with Crippen LogP contribution in [-0.4, -0.2) is 26.8 Å². The molecule has 1 N–H and O–H groups in total. The van der Waals surface area contributed by atoms with Crippen molar-refractivity contribution in [2.24, 2.45) is 0 Å². The van der Waals surface area contributed by atoms with E-state index in [1.54, 1.807) is 29.4 Å². The third-order valence-electron chi connectivity index (χ3n) is 3.78. The average molecular weight is 358 g/mol. The molecule has 0 saturated carbocycles. The van der Waals surface area contributed by atoms with E-state index in [4.69, 9.17) is 5.11 Å². The summed E-state index contributed by atoms with van der Waals surface area (Å²) in [5.74, 6) is -0.0180. The highest BCUT2D eigenvalue weighted by molar-refractivity contribution is 7.99. The fourth-order valence-electron chi connectivity index (χ4n) is 2.66. The maximum absolute atomic E-state index is 10.7. The number of carboxylic acid groups (broad SMARTS) is 1. The monoisotopic (exact) mass is 358 g/mol. The second-order valence-corrected chi connectivity index (χ2v) is 7.61. The lowest BCUT2D eigenvalue weighted by Gasteiger charge is -2.08. The highest BCUT2D eigenvalue weighted by Gasteiger charge is 2.15. The summed E-state index contributed by atoms with van der Waals surface area (Å²) in [7, 11) is 0. The van der Waals surface area contributed by atoms with Gasteiger partial charge in [-0.25, -0.2) is 9.97 Å². The van der Waals surface area contributed by atoms with Crippen LogP contribution in [0.2, 0.25) is 0 Å². The van der Waals surface area contributed by atoms with Crippen molar-refractivity contribution in [2.45, 2.75) is 31.7 Å². The van der Waals surface area contributed by atoms with E-state index in [9.17, 15) is 4.79 Å². The Bertz CT molecular complexity index is 890. The van der Waals surface area contributed by atoms with Crippen molar-refractivity contribution in [1.29, 1.82) is 0 Å². The highest BCUT2D eigenvalue weighted by Crippen LogP contribution is 2.39. The molecule has 3 aromatic rings. The minimum absolute atomic E-state index is 0.189. The molecule has 0 aliphatic carbocycles. The predicted molar refractivity (Wildman–Crippen MR) is 99.9 cm³/mol. The van der Waals surface area contributed by atoms with Crippen molar-refractivity contribution in [3.05, 3.63) is 41.0 Å².